The Bertz CT molecular complexity index is 1240. The van der Waals surface area contributed by atoms with E-state index in [2.05, 4.69) is 4.98 Å². The summed E-state index contributed by atoms with van der Waals surface area (Å²) in [6, 6.07) is 17.0. The second-order valence-electron chi connectivity index (χ2n) is 8.58. The molecule has 2 aromatic carbocycles. The van der Waals surface area contributed by atoms with Gasteiger partial charge in [-0.1, -0.05) is 38.1 Å². The first-order chi connectivity index (χ1) is 17.5. The molecular weight excluding hydrogens is 456 g/mol. The molecule has 3 aromatic rings. The van der Waals surface area contributed by atoms with Crippen molar-refractivity contribution in [3.05, 3.63) is 95.3 Å². The van der Waals surface area contributed by atoms with Gasteiger partial charge in [-0.2, -0.15) is 0 Å². The minimum absolute atomic E-state index is 0.0453. The van der Waals surface area contributed by atoms with Crippen LogP contribution in [0.1, 0.15) is 49.4 Å². The van der Waals surface area contributed by atoms with Crippen LogP contribution in [0.3, 0.4) is 0 Å². The lowest BCUT2D eigenvalue weighted by atomic mass is 9.95. The smallest absolute Gasteiger partial charge is 0.295 e. The third-order valence-corrected chi connectivity index (χ3v) is 5.89. The Morgan fingerprint density at radius 1 is 0.917 bits per heavy atom. The van der Waals surface area contributed by atoms with Gasteiger partial charge in [-0.25, -0.2) is 0 Å². The number of hydrogen-bond donors (Lipinski definition) is 1. The van der Waals surface area contributed by atoms with Crippen LogP contribution in [0.4, 0.5) is 0 Å². The van der Waals surface area contributed by atoms with Gasteiger partial charge in [-0.15, -0.1) is 0 Å². The van der Waals surface area contributed by atoms with E-state index in [1.807, 2.05) is 38.1 Å². The van der Waals surface area contributed by atoms with E-state index < -0.39 is 17.7 Å². The number of nitrogens with zero attached hydrogens (tertiary/aromatic N) is 2. The fourth-order valence-electron chi connectivity index (χ4n) is 4.15. The third kappa shape index (κ3) is 5.40. The summed E-state index contributed by atoms with van der Waals surface area (Å²) < 4.78 is 11.4. The Kier molecular flexibility index (Phi) is 8.00. The fourth-order valence-corrected chi connectivity index (χ4v) is 4.15. The molecule has 1 atom stereocenters. The largest absolute Gasteiger partial charge is 0.507 e. The molecule has 36 heavy (non-hydrogen) atoms. The monoisotopic (exact) mass is 486 g/mol. The van der Waals surface area contributed by atoms with Gasteiger partial charge in [0.05, 0.1) is 24.8 Å². The van der Waals surface area contributed by atoms with Crippen LogP contribution in [-0.4, -0.2) is 39.9 Å². The molecule has 2 heterocycles. The van der Waals surface area contributed by atoms with Gasteiger partial charge in [0.2, 0.25) is 0 Å². The van der Waals surface area contributed by atoms with Crippen molar-refractivity contribution in [1.29, 1.82) is 0 Å². The number of amides is 1. The number of rotatable bonds is 10. The van der Waals surface area contributed by atoms with Gasteiger partial charge in [0, 0.05) is 24.5 Å². The van der Waals surface area contributed by atoms with Crippen molar-refractivity contribution >= 4 is 17.4 Å². The van der Waals surface area contributed by atoms with E-state index in [1.165, 1.54) is 4.90 Å². The van der Waals surface area contributed by atoms with Crippen molar-refractivity contribution in [2.24, 2.45) is 0 Å². The summed E-state index contributed by atoms with van der Waals surface area (Å²) >= 11 is 0. The van der Waals surface area contributed by atoms with Crippen LogP contribution in [0.5, 0.6) is 11.5 Å². The normalized spacial score (nSPS) is 16.8. The van der Waals surface area contributed by atoms with Crippen molar-refractivity contribution in [2.75, 3.05) is 13.2 Å². The molecule has 1 aliphatic rings. The van der Waals surface area contributed by atoms with Gasteiger partial charge in [0.1, 0.15) is 17.3 Å². The molecule has 0 spiro atoms. The fraction of sp³-hybridized carbons (Fsp3) is 0.276. The summed E-state index contributed by atoms with van der Waals surface area (Å²) in [4.78, 5) is 32.0. The van der Waals surface area contributed by atoms with Gasteiger partial charge >= 0.3 is 0 Å². The Balaban J connectivity index is 1.78. The quantitative estimate of drug-likeness (QED) is 0.238. The summed E-state index contributed by atoms with van der Waals surface area (Å²) in [5.74, 6) is -0.335. The van der Waals surface area contributed by atoms with Gasteiger partial charge in [-0.3, -0.25) is 14.6 Å². The summed E-state index contributed by atoms with van der Waals surface area (Å²) in [5, 5.41) is 11.3. The molecule has 186 valence electrons. The number of carbonyl (C=O) groups excluding carboxylic acids is 2. The second-order valence-corrected chi connectivity index (χ2v) is 8.58. The molecule has 7 nitrogen and oxygen atoms in total. The molecule has 1 aromatic heterocycles. The average molecular weight is 487 g/mol. The molecule has 7 heteroatoms. The molecule has 4 rings (SSSR count). The molecule has 0 saturated carbocycles. The number of hydrogen-bond acceptors (Lipinski definition) is 6. The minimum Gasteiger partial charge on any atom is -0.507 e. The Morgan fingerprint density at radius 2 is 1.58 bits per heavy atom. The van der Waals surface area contributed by atoms with E-state index in [0.29, 0.717) is 35.8 Å². The SMILES string of the molecule is CCCOc1ccc(C2/C(=C(\O)c3cccc(OCCC)c3)C(=O)C(=O)N2Cc2ccncc2)cc1. The molecule has 1 amide bonds. The van der Waals surface area contributed by atoms with Crippen LogP contribution in [0, 0.1) is 0 Å². The highest BCUT2D eigenvalue weighted by Gasteiger charge is 2.46. The first-order valence-electron chi connectivity index (χ1n) is 12.2. The third-order valence-electron chi connectivity index (χ3n) is 5.89. The van der Waals surface area contributed by atoms with Gasteiger partial charge in [-0.05, 0) is 60.4 Å². The van der Waals surface area contributed by atoms with E-state index in [4.69, 9.17) is 9.47 Å². The van der Waals surface area contributed by atoms with Crippen LogP contribution in [-0.2, 0) is 16.1 Å². The predicted octanol–water partition coefficient (Wildman–Crippen LogP) is 5.28. The first-order valence-corrected chi connectivity index (χ1v) is 12.2. The highest BCUT2D eigenvalue weighted by molar-refractivity contribution is 6.46. The van der Waals surface area contributed by atoms with E-state index in [1.54, 1.807) is 48.8 Å². The van der Waals surface area contributed by atoms with Crippen LogP contribution < -0.4 is 9.47 Å². The average Bonchev–Trinajstić information content (AvgIpc) is 3.16. The molecule has 0 aliphatic carbocycles. The topological polar surface area (TPSA) is 89.0 Å². The molecule has 0 bridgehead atoms. The van der Waals surface area contributed by atoms with Crippen molar-refractivity contribution in [2.45, 2.75) is 39.3 Å². The number of pyridine rings is 1. The minimum atomic E-state index is -0.765. The standard InChI is InChI=1S/C29H30N2O5/c1-3-16-35-23-10-8-21(9-11-23)26-25(27(32)22-6-5-7-24(18-22)36-17-4-2)28(33)29(34)31(26)19-20-12-14-30-15-13-20/h5-15,18,26,32H,3-4,16-17,19H2,1-2H3/b27-25+. The van der Waals surface area contributed by atoms with E-state index in [9.17, 15) is 14.7 Å². The van der Waals surface area contributed by atoms with Crippen LogP contribution in [0.25, 0.3) is 5.76 Å². The summed E-state index contributed by atoms with van der Waals surface area (Å²) in [6.45, 7) is 5.36. The number of aliphatic hydroxyl groups is 1. The lowest BCUT2D eigenvalue weighted by Crippen LogP contribution is -2.29. The van der Waals surface area contributed by atoms with Crippen LogP contribution in [0.15, 0.2) is 78.6 Å². The number of aromatic nitrogens is 1. The summed E-state index contributed by atoms with van der Waals surface area (Å²) in [6.07, 6.45) is 5.01. The lowest BCUT2D eigenvalue weighted by Gasteiger charge is -2.25. The summed E-state index contributed by atoms with van der Waals surface area (Å²) in [5.41, 5.74) is 1.99. The van der Waals surface area contributed by atoms with Crippen LogP contribution in [0.2, 0.25) is 0 Å². The molecule has 1 fully saturated rings. The maximum atomic E-state index is 13.3. The number of aliphatic hydroxyl groups excluding tert-OH is 1. The van der Waals surface area contributed by atoms with Crippen molar-refractivity contribution < 1.29 is 24.2 Å². The van der Waals surface area contributed by atoms with Gasteiger partial charge < -0.3 is 19.5 Å². The zero-order chi connectivity index (χ0) is 25.5. The maximum Gasteiger partial charge on any atom is 0.295 e. The summed E-state index contributed by atoms with van der Waals surface area (Å²) in [7, 11) is 0. The van der Waals surface area contributed by atoms with Gasteiger partial charge in [0.15, 0.2) is 0 Å². The molecule has 1 N–H and O–H groups in total. The Labute approximate surface area is 211 Å². The number of benzene rings is 2. The lowest BCUT2D eigenvalue weighted by molar-refractivity contribution is -0.140. The number of carbonyl (C=O) groups is 2. The predicted molar refractivity (Wildman–Crippen MR) is 137 cm³/mol. The number of ketones is 1. The van der Waals surface area contributed by atoms with Crippen molar-refractivity contribution in [1.82, 2.24) is 9.88 Å². The van der Waals surface area contributed by atoms with Crippen LogP contribution >= 0.6 is 0 Å². The maximum absolute atomic E-state index is 13.3. The van der Waals surface area contributed by atoms with Crippen molar-refractivity contribution in [3.63, 3.8) is 0 Å². The van der Waals surface area contributed by atoms with E-state index in [0.717, 1.165) is 18.4 Å². The second kappa shape index (κ2) is 11.5. The highest BCUT2D eigenvalue weighted by atomic mass is 16.5. The zero-order valence-electron chi connectivity index (χ0n) is 20.5. The molecule has 1 aliphatic heterocycles. The zero-order valence-corrected chi connectivity index (χ0v) is 20.5. The Hall–Kier alpha value is -4.13. The number of Topliss-reactive ketones (excluding diaryl/α,β-unsaturated/α-hetero) is 1. The Morgan fingerprint density at radius 3 is 2.25 bits per heavy atom. The number of ether oxygens (including phenoxy) is 2. The molecular formula is C29H30N2O5. The van der Waals surface area contributed by atoms with E-state index >= 15 is 0 Å². The molecule has 1 unspecified atom stereocenters. The highest BCUT2D eigenvalue weighted by Crippen LogP contribution is 2.41. The van der Waals surface area contributed by atoms with E-state index in [-0.39, 0.29) is 17.9 Å². The molecule has 0 radical (unpaired) electrons. The number of likely N-dealkylation sites (tertiary alicyclic amines) is 1. The first kappa shape index (κ1) is 25.0. The van der Waals surface area contributed by atoms with Crippen molar-refractivity contribution in [3.8, 4) is 11.5 Å². The van der Waals surface area contributed by atoms with Gasteiger partial charge in [0.25, 0.3) is 11.7 Å². The molecule has 1 saturated heterocycles.